The van der Waals surface area contributed by atoms with Crippen molar-refractivity contribution in [1.29, 1.82) is 0 Å². The van der Waals surface area contributed by atoms with Gasteiger partial charge in [0.15, 0.2) is 0 Å². The number of halogens is 1. The van der Waals surface area contributed by atoms with Crippen molar-refractivity contribution in [3.05, 3.63) is 53.1 Å². The molecule has 0 atom stereocenters. The number of aliphatic imine (C=N–C) groups is 1. The number of nitrogens with zero attached hydrogens (tertiary/aromatic N) is 2. The van der Waals surface area contributed by atoms with Crippen LogP contribution < -0.4 is 20.1 Å². The molecule has 2 aromatic rings. The Morgan fingerprint density at radius 2 is 1.88 bits per heavy atom. The van der Waals surface area contributed by atoms with Crippen LogP contribution in [0.5, 0.6) is 11.5 Å². The van der Waals surface area contributed by atoms with Crippen molar-refractivity contribution in [1.82, 2.24) is 10.2 Å². The molecule has 2 amide bonds. The summed E-state index contributed by atoms with van der Waals surface area (Å²) in [6, 6.07) is 12.2. The maximum atomic E-state index is 13.4. The number of benzene rings is 2. The lowest BCUT2D eigenvalue weighted by molar-refractivity contribution is -0.133. The first kappa shape index (κ1) is 22.1. The Kier molecular flexibility index (Phi) is 6.34. The largest absolute Gasteiger partial charge is 0.497 e. The van der Waals surface area contributed by atoms with E-state index in [-0.39, 0.29) is 18.4 Å². The van der Waals surface area contributed by atoms with Crippen molar-refractivity contribution in [2.24, 2.45) is 4.99 Å². The van der Waals surface area contributed by atoms with E-state index < -0.39 is 5.66 Å². The minimum atomic E-state index is -0.730. The number of nitrogens with one attached hydrogen (secondary N) is 2. The molecular formula is C23H25ClN4O4. The normalized spacial score (nSPS) is 17.3. The van der Waals surface area contributed by atoms with E-state index in [0.717, 1.165) is 13.1 Å². The van der Waals surface area contributed by atoms with Crippen molar-refractivity contribution in [3.63, 3.8) is 0 Å². The first-order chi connectivity index (χ1) is 15.5. The number of piperidine rings is 1. The summed E-state index contributed by atoms with van der Waals surface area (Å²) in [5.74, 6) is 0.653. The van der Waals surface area contributed by atoms with Crippen LogP contribution in [0, 0.1) is 0 Å². The molecule has 168 valence electrons. The second-order valence-corrected chi connectivity index (χ2v) is 8.12. The molecule has 0 aliphatic carbocycles. The van der Waals surface area contributed by atoms with Gasteiger partial charge in [-0.1, -0.05) is 11.6 Å². The van der Waals surface area contributed by atoms with E-state index in [0.29, 0.717) is 46.3 Å². The SMILES string of the molecule is COc1ccc(C2=NC3(CCNCC3)N(CC(=O)Nc3ccc(OC)c(Cl)c3)C2=O)cc1. The lowest BCUT2D eigenvalue weighted by Crippen LogP contribution is -2.54. The Bertz CT molecular complexity index is 1050. The van der Waals surface area contributed by atoms with Crippen molar-refractivity contribution in [2.75, 3.05) is 39.2 Å². The van der Waals surface area contributed by atoms with Crippen molar-refractivity contribution < 1.29 is 19.1 Å². The highest BCUT2D eigenvalue weighted by Gasteiger charge is 2.48. The van der Waals surface area contributed by atoms with Gasteiger partial charge >= 0.3 is 0 Å². The molecule has 2 aromatic carbocycles. The molecule has 2 heterocycles. The zero-order valence-electron chi connectivity index (χ0n) is 18.0. The van der Waals surface area contributed by atoms with Gasteiger partial charge in [0.1, 0.15) is 29.4 Å². The molecule has 1 spiro atoms. The van der Waals surface area contributed by atoms with Gasteiger partial charge in [-0.05, 0) is 55.6 Å². The maximum absolute atomic E-state index is 13.4. The monoisotopic (exact) mass is 456 g/mol. The minimum Gasteiger partial charge on any atom is -0.497 e. The molecule has 2 aliphatic rings. The summed E-state index contributed by atoms with van der Waals surface area (Å²) in [5.41, 5.74) is 0.878. The van der Waals surface area contributed by atoms with Gasteiger partial charge < -0.3 is 25.0 Å². The predicted octanol–water partition coefficient (Wildman–Crippen LogP) is 2.71. The fourth-order valence-corrected chi connectivity index (χ4v) is 4.34. The predicted molar refractivity (Wildman–Crippen MR) is 123 cm³/mol. The van der Waals surface area contributed by atoms with E-state index in [1.165, 1.54) is 7.11 Å². The van der Waals surface area contributed by atoms with E-state index in [2.05, 4.69) is 10.6 Å². The summed E-state index contributed by atoms with van der Waals surface area (Å²) in [4.78, 5) is 32.7. The van der Waals surface area contributed by atoms with Crippen molar-refractivity contribution in [3.8, 4) is 11.5 Å². The van der Waals surface area contributed by atoms with Crippen molar-refractivity contribution in [2.45, 2.75) is 18.5 Å². The highest BCUT2D eigenvalue weighted by molar-refractivity contribution is 6.47. The van der Waals surface area contributed by atoms with Gasteiger partial charge in [-0.3, -0.25) is 14.6 Å². The average molecular weight is 457 g/mol. The van der Waals surface area contributed by atoms with Gasteiger partial charge in [0.25, 0.3) is 5.91 Å². The second-order valence-electron chi connectivity index (χ2n) is 7.71. The minimum absolute atomic E-state index is 0.106. The van der Waals surface area contributed by atoms with Gasteiger partial charge in [0, 0.05) is 24.1 Å². The number of anilines is 1. The molecule has 0 saturated carbocycles. The number of carbonyl (C=O) groups is 2. The zero-order chi connectivity index (χ0) is 22.7. The molecule has 9 heteroatoms. The Labute approximate surface area is 191 Å². The highest BCUT2D eigenvalue weighted by atomic mass is 35.5. The number of carbonyl (C=O) groups excluding carboxylic acids is 2. The van der Waals surface area contributed by atoms with Gasteiger partial charge in [-0.15, -0.1) is 0 Å². The maximum Gasteiger partial charge on any atom is 0.275 e. The standard InChI is InChI=1S/C23H25ClN4O4/c1-31-17-6-3-15(4-7-17)21-22(30)28(23(27-21)9-11-25-12-10-23)14-20(29)26-16-5-8-19(32-2)18(24)13-16/h3-8,13,25H,9-12,14H2,1-2H3,(H,26,29). The lowest BCUT2D eigenvalue weighted by atomic mass is 9.97. The van der Waals surface area contributed by atoms with E-state index in [1.807, 2.05) is 12.1 Å². The van der Waals surface area contributed by atoms with Crippen molar-refractivity contribution >= 4 is 34.8 Å². The molecule has 1 fully saturated rings. The summed E-state index contributed by atoms with van der Waals surface area (Å²) in [6.07, 6.45) is 1.28. The van der Waals surface area contributed by atoms with Crippen LogP contribution in [0.3, 0.4) is 0 Å². The lowest BCUT2D eigenvalue weighted by Gasteiger charge is -2.39. The molecule has 1 saturated heterocycles. The topological polar surface area (TPSA) is 92.3 Å². The summed E-state index contributed by atoms with van der Waals surface area (Å²) >= 11 is 6.16. The van der Waals surface area contributed by atoms with Gasteiger partial charge in [0.05, 0.1) is 19.2 Å². The van der Waals surface area contributed by atoms with E-state index >= 15 is 0 Å². The van der Waals surface area contributed by atoms with Crippen LogP contribution in [0.1, 0.15) is 18.4 Å². The third-order valence-corrected chi connectivity index (χ3v) is 6.07. The van der Waals surface area contributed by atoms with Crippen LogP contribution in [-0.4, -0.2) is 61.9 Å². The molecule has 0 aromatic heterocycles. The number of ether oxygens (including phenoxy) is 2. The smallest absolute Gasteiger partial charge is 0.275 e. The first-order valence-electron chi connectivity index (χ1n) is 10.4. The highest BCUT2D eigenvalue weighted by Crippen LogP contribution is 2.35. The van der Waals surface area contributed by atoms with Crippen LogP contribution in [0.15, 0.2) is 47.5 Å². The Balaban J connectivity index is 1.55. The van der Waals surface area contributed by atoms with E-state index in [9.17, 15) is 9.59 Å². The number of amides is 2. The fourth-order valence-electron chi connectivity index (χ4n) is 4.09. The number of hydrogen-bond acceptors (Lipinski definition) is 6. The van der Waals surface area contributed by atoms with Gasteiger partial charge in [-0.25, -0.2) is 0 Å². The molecule has 4 rings (SSSR count). The third kappa shape index (κ3) is 4.28. The van der Waals surface area contributed by atoms with Crippen LogP contribution in [0.4, 0.5) is 5.69 Å². The van der Waals surface area contributed by atoms with Gasteiger partial charge in [-0.2, -0.15) is 0 Å². The number of rotatable bonds is 6. The van der Waals surface area contributed by atoms with Crippen LogP contribution in [0.2, 0.25) is 5.02 Å². The molecular weight excluding hydrogens is 432 g/mol. The summed E-state index contributed by atoms with van der Waals surface area (Å²) in [7, 11) is 3.12. The first-order valence-corrected chi connectivity index (χ1v) is 10.7. The van der Waals surface area contributed by atoms with E-state index in [4.69, 9.17) is 26.1 Å². The summed E-state index contributed by atoms with van der Waals surface area (Å²) in [6.45, 7) is 1.34. The average Bonchev–Trinajstić information content (AvgIpc) is 3.05. The molecule has 8 nitrogen and oxygen atoms in total. The Morgan fingerprint density at radius 3 is 2.50 bits per heavy atom. The Hall–Kier alpha value is -3.10. The zero-order valence-corrected chi connectivity index (χ0v) is 18.7. The third-order valence-electron chi connectivity index (χ3n) is 5.78. The second kappa shape index (κ2) is 9.18. The molecule has 0 unspecified atom stereocenters. The number of methoxy groups -OCH3 is 2. The summed E-state index contributed by atoms with van der Waals surface area (Å²) < 4.78 is 10.4. The molecule has 0 bridgehead atoms. The molecule has 32 heavy (non-hydrogen) atoms. The number of hydrogen-bond donors (Lipinski definition) is 2. The van der Waals surface area contributed by atoms with Gasteiger partial charge in [0.2, 0.25) is 5.91 Å². The van der Waals surface area contributed by atoms with Crippen LogP contribution >= 0.6 is 11.6 Å². The summed E-state index contributed by atoms with van der Waals surface area (Å²) in [5, 5.41) is 6.51. The molecule has 2 aliphatic heterocycles. The van der Waals surface area contributed by atoms with E-state index in [1.54, 1.807) is 42.3 Å². The Morgan fingerprint density at radius 1 is 1.16 bits per heavy atom. The van der Waals surface area contributed by atoms with Crippen LogP contribution in [-0.2, 0) is 9.59 Å². The van der Waals surface area contributed by atoms with Crippen LogP contribution in [0.25, 0.3) is 0 Å². The fraction of sp³-hybridized carbons (Fsp3) is 0.348. The molecule has 0 radical (unpaired) electrons. The quantitative estimate of drug-likeness (QED) is 0.697. The molecule has 2 N–H and O–H groups in total.